The fraction of sp³-hybridized carbons (Fsp3) is 0.421. The fourth-order valence-electron chi connectivity index (χ4n) is 2.95. The second kappa shape index (κ2) is 8.60. The van der Waals surface area contributed by atoms with Crippen molar-refractivity contribution >= 4 is 38.4 Å². The number of fused-ring (bicyclic) bond motifs is 1. The summed E-state index contributed by atoms with van der Waals surface area (Å²) in [5.74, 6) is 0.213. The number of aromatic nitrogens is 3. The maximum absolute atomic E-state index is 12.4. The summed E-state index contributed by atoms with van der Waals surface area (Å²) in [7, 11) is -0.570. The Morgan fingerprint density at radius 2 is 2.03 bits per heavy atom. The third kappa shape index (κ3) is 4.65. The quantitative estimate of drug-likeness (QED) is 0.504. The smallest absolute Gasteiger partial charge is 0.312 e. The Kier molecular flexibility index (Phi) is 6.35. The summed E-state index contributed by atoms with van der Waals surface area (Å²) in [5, 5.41) is 2.75. The van der Waals surface area contributed by atoms with E-state index in [2.05, 4.69) is 9.97 Å². The number of carbonyl (C=O) groups is 1. The van der Waals surface area contributed by atoms with Crippen LogP contribution in [0.4, 0.5) is 0 Å². The van der Waals surface area contributed by atoms with Gasteiger partial charge in [-0.05, 0) is 31.5 Å². The van der Waals surface area contributed by atoms with Crippen LogP contribution in [-0.2, 0) is 39.1 Å². The molecule has 2 heterocycles. The summed E-state index contributed by atoms with van der Waals surface area (Å²) in [6.45, 7) is 4.63. The number of benzene rings is 1. The van der Waals surface area contributed by atoms with E-state index in [-0.39, 0.29) is 23.9 Å². The van der Waals surface area contributed by atoms with E-state index in [1.807, 2.05) is 23.8 Å². The Morgan fingerprint density at radius 1 is 1.28 bits per heavy atom. The number of sulfonamides is 1. The Bertz CT molecular complexity index is 1130. The van der Waals surface area contributed by atoms with Crippen molar-refractivity contribution in [2.45, 2.75) is 44.7 Å². The highest BCUT2D eigenvalue weighted by Gasteiger charge is 2.20. The zero-order chi connectivity index (χ0) is 21.2. The van der Waals surface area contributed by atoms with Crippen molar-refractivity contribution in [2.24, 2.45) is 0 Å². The van der Waals surface area contributed by atoms with Crippen LogP contribution in [0.15, 0.2) is 28.5 Å². The Labute approximate surface area is 174 Å². The molecule has 29 heavy (non-hydrogen) atoms. The highest BCUT2D eigenvalue weighted by Crippen LogP contribution is 2.23. The lowest BCUT2D eigenvalue weighted by Crippen LogP contribution is -2.22. The van der Waals surface area contributed by atoms with Crippen molar-refractivity contribution in [3.63, 3.8) is 0 Å². The minimum absolute atomic E-state index is 0.0202. The van der Waals surface area contributed by atoms with E-state index < -0.39 is 10.0 Å². The van der Waals surface area contributed by atoms with Gasteiger partial charge in [-0.2, -0.15) is 0 Å². The molecular weight excluding hydrogens is 412 g/mol. The Hall–Kier alpha value is -2.30. The molecule has 0 atom stereocenters. The van der Waals surface area contributed by atoms with E-state index in [1.54, 1.807) is 18.2 Å². The first-order valence-electron chi connectivity index (χ1n) is 9.20. The molecule has 10 heteroatoms. The lowest BCUT2D eigenvalue weighted by molar-refractivity contribution is -0.144. The van der Waals surface area contributed by atoms with Crippen LogP contribution in [0.1, 0.15) is 29.9 Å². The first-order chi connectivity index (χ1) is 13.7. The molecule has 0 saturated heterocycles. The molecule has 0 aliphatic carbocycles. The highest BCUT2D eigenvalue weighted by atomic mass is 32.2. The summed E-state index contributed by atoms with van der Waals surface area (Å²) < 4.78 is 33.3. The van der Waals surface area contributed by atoms with Crippen LogP contribution in [0.3, 0.4) is 0 Å². The van der Waals surface area contributed by atoms with Gasteiger partial charge in [0.25, 0.3) is 0 Å². The average molecular weight is 437 g/mol. The first kappa shape index (κ1) is 21.4. The van der Waals surface area contributed by atoms with Crippen LogP contribution < -0.4 is 0 Å². The predicted octanol–water partition coefficient (Wildman–Crippen LogP) is 2.75. The fourth-order valence-corrected chi connectivity index (χ4v) is 4.48. The largest absolute Gasteiger partial charge is 0.457 e. The number of nitrogens with zero attached hydrogens (tertiary/aromatic N) is 4. The molecule has 3 aromatic rings. The van der Waals surface area contributed by atoms with Gasteiger partial charge in [0.15, 0.2) is 0 Å². The number of ether oxygens (including phenoxy) is 1. The Morgan fingerprint density at radius 3 is 2.66 bits per heavy atom. The molecule has 1 aromatic carbocycles. The molecule has 2 aromatic heterocycles. The molecule has 0 unspecified atom stereocenters. The lowest BCUT2D eigenvalue weighted by Gasteiger charge is -2.11. The molecule has 0 spiro atoms. The van der Waals surface area contributed by atoms with Gasteiger partial charge in [0.2, 0.25) is 10.0 Å². The number of aryl methyl sites for hydroxylation is 2. The van der Waals surface area contributed by atoms with Gasteiger partial charge in [-0.25, -0.2) is 22.7 Å². The second-order valence-electron chi connectivity index (χ2n) is 6.81. The molecule has 0 radical (unpaired) electrons. The summed E-state index contributed by atoms with van der Waals surface area (Å²) in [4.78, 5) is 21.1. The molecule has 0 aliphatic heterocycles. The van der Waals surface area contributed by atoms with E-state index in [9.17, 15) is 13.2 Å². The summed E-state index contributed by atoms with van der Waals surface area (Å²) in [5.41, 5.74) is 2.06. The maximum Gasteiger partial charge on any atom is 0.312 e. The van der Waals surface area contributed by atoms with Crippen molar-refractivity contribution in [1.29, 1.82) is 0 Å². The molecule has 0 bridgehead atoms. The van der Waals surface area contributed by atoms with Crippen LogP contribution in [0.2, 0.25) is 0 Å². The third-order valence-corrected chi connectivity index (χ3v) is 7.01. The van der Waals surface area contributed by atoms with E-state index in [0.717, 1.165) is 16.9 Å². The van der Waals surface area contributed by atoms with Gasteiger partial charge in [0.1, 0.15) is 12.4 Å². The normalized spacial score (nSPS) is 12.0. The highest BCUT2D eigenvalue weighted by molar-refractivity contribution is 7.89. The topological polar surface area (TPSA) is 94.4 Å². The number of carbonyl (C=O) groups excluding carboxylic acids is 1. The number of hydrogen-bond donors (Lipinski definition) is 0. The van der Waals surface area contributed by atoms with Crippen molar-refractivity contribution in [3.05, 3.63) is 40.1 Å². The van der Waals surface area contributed by atoms with Crippen LogP contribution in [0.25, 0.3) is 11.0 Å². The van der Waals surface area contributed by atoms with E-state index >= 15 is 0 Å². The lowest BCUT2D eigenvalue weighted by atomic mass is 10.3. The molecule has 3 rings (SSSR count). The predicted molar refractivity (Wildman–Crippen MR) is 111 cm³/mol. The number of thiazole rings is 1. The summed E-state index contributed by atoms with van der Waals surface area (Å²) in [6.07, 6.45) is 0.978. The minimum atomic E-state index is -3.55. The molecule has 0 N–H and O–H groups in total. The van der Waals surface area contributed by atoms with Crippen LogP contribution in [0, 0.1) is 6.92 Å². The van der Waals surface area contributed by atoms with Crippen molar-refractivity contribution in [1.82, 2.24) is 18.8 Å². The van der Waals surface area contributed by atoms with Crippen LogP contribution in [-0.4, -0.2) is 47.3 Å². The van der Waals surface area contributed by atoms with Gasteiger partial charge < -0.3 is 9.30 Å². The third-order valence-electron chi connectivity index (χ3n) is 4.38. The molecule has 0 fully saturated rings. The minimum Gasteiger partial charge on any atom is -0.457 e. The number of hydrogen-bond acceptors (Lipinski definition) is 7. The van der Waals surface area contributed by atoms with Gasteiger partial charge in [-0.1, -0.05) is 6.92 Å². The first-order valence-corrected chi connectivity index (χ1v) is 11.5. The van der Waals surface area contributed by atoms with Gasteiger partial charge in [-0.3, -0.25) is 4.79 Å². The zero-order valence-electron chi connectivity index (χ0n) is 16.9. The molecule has 0 aliphatic rings. The van der Waals surface area contributed by atoms with Crippen molar-refractivity contribution in [3.8, 4) is 0 Å². The number of esters is 1. The van der Waals surface area contributed by atoms with Gasteiger partial charge in [0, 0.05) is 26.0 Å². The van der Waals surface area contributed by atoms with E-state index in [4.69, 9.17) is 4.74 Å². The summed E-state index contributed by atoms with van der Waals surface area (Å²) >= 11 is 1.49. The van der Waals surface area contributed by atoms with Crippen molar-refractivity contribution in [2.75, 3.05) is 14.1 Å². The molecular formula is C19H24N4O4S2. The zero-order valence-corrected chi connectivity index (χ0v) is 18.5. The standard InChI is InChI=1S/C19H24N4O4S2/c1-5-8-23-17-7-6-15(29(25,26)22(3)4)10-16(17)21-18(23)11-27-19(24)9-14-12-28-13(2)20-14/h6-7,10,12H,5,8-9,11H2,1-4H3. The van der Waals surface area contributed by atoms with E-state index in [0.29, 0.717) is 23.6 Å². The molecule has 156 valence electrons. The molecule has 0 saturated carbocycles. The van der Waals surface area contributed by atoms with Crippen LogP contribution in [0.5, 0.6) is 0 Å². The SMILES string of the molecule is CCCn1c(COC(=O)Cc2csc(C)n2)nc2cc(S(=O)(=O)N(C)C)ccc21. The average Bonchev–Trinajstić information content (AvgIpc) is 3.23. The number of rotatable bonds is 8. The second-order valence-corrected chi connectivity index (χ2v) is 10.0. The van der Waals surface area contributed by atoms with Crippen LogP contribution >= 0.6 is 11.3 Å². The van der Waals surface area contributed by atoms with Crippen molar-refractivity contribution < 1.29 is 17.9 Å². The van der Waals surface area contributed by atoms with Gasteiger partial charge in [0.05, 0.1) is 33.1 Å². The number of imidazole rings is 1. The molecule has 0 amide bonds. The van der Waals surface area contributed by atoms with Gasteiger partial charge >= 0.3 is 5.97 Å². The summed E-state index contributed by atoms with van der Waals surface area (Å²) in [6, 6.07) is 4.88. The van der Waals surface area contributed by atoms with Gasteiger partial charge in [-0.15, -0.1) is 11.3 Å². The molecule has 8 nitrogen and oxygen atoms in total. The monoisotopic (exact) mass is 436 g/mol. The van der Waals surface area contributed by atoms with E-state index in [1.165, 1.54) is 29.7 Å². The maximum atomic E-state index is 12.4. The Balaban J connectivity index is 1.84.